The molecule has 4 heteroatoms. The summed E-state index contributed by atoms with van der Waals surface area (Å²) < 4.78 is 0. The molecule has 2 heterocycles. The molecule has 0 bridgehead atoms. The zero-order valence-corrected chi connectivity index (χ0v) is 8.57. The van der Waals surface area contributed by atoms with Gasteiger partial charge in [-0.1, -0.05) is 6.07 Å². The average molecular weight is 205 g/mol. The van der Waals surface area contributed by atoms with Crippen molar-refractivity contribution in [2.24, 2.45) is 0 Å². The van der Waals surface area contributed by atoms with Crippen LogP contribution >= 0.6 is 0 Å². The van der Waals surface area contributed by atoms with Gasteiger partial charge in [-0.3, -0.25) is 9.78 Å². The summed E-state index contributed by atoms with van der Waals surface area (Å²) in [7, 11) is 0. The van der Waals surface area contributed by atoms with Gasteiger partial charge in [0.05, 0.1) is 6.04 Å². The van der Waals surface area contributed by atoms with E-state index in [1.54, 1.807) is 12.4 Å². The van der Waals surface area contributed by atoms with Crippen LogP contribution in [0.3, 0.4) is 0 Å². The van der Waals surface area contributed by atoms with Crippen molar-refractivity contribution < 1.29 is 4.79 Å². The van der Waals surface area contributed by atoms with E-state index in [4.69, 9.17) is 0 Å². The molecule has 0 saturated carbocycles. The van der Waals surface area contributed by atoms with Crippen molar-refractivity contribution in [3.63, 3.8) is 0 Å². The van der Waals surface area contributed by atoms with Crippen LogP contribution < -0.4 is 10.6 Å². The molecule has 2 N–H and O–H groups in total. The molecular weight excluding hydrogens is 190 g/mol. The molecular formula is C11H15N3O. The van der Waals surface area contributed by atoms with E-state index in [0.29, 0.717) is 6.54 Å². The number of nitrogens with one attached hydrogen (secondary N) is 2. The molecule has 0 aromatic carbocycles. The monoisotopic (exact) mass is 205 g/mol. The molecule has 1 aromatic heterocycles. The molecule has 1 aliphatic heterocycles. The molecule has 80 valence electrons. The minimum atomic E-state index is 0.00155. The summed E-state index contributed by atoms with van der Waals surface area (Å²) in [6, 6.07) is 3.83. The van der Waals surface area contributed by atoms with Crippen molar-refractivity contribution in [3.8, 4) is 0 Å². The van der Waals surface area contributed by atoms with Crippen molar-refractivity contribution in [2.45, 2.75) is 25.4 Å². The van der Waals surface area contributed by atoms with Crippen LogP contribution in [0.15, 0.2) is 24.5 Å². The Labute approximate surface area is 89.1 Å². The predicted octanol–water partition coefficient (Wildman–Crippen LogP) is 0.450. The molecule has 0 spiro atoms. The van der Waals surface area contributed by atoms with Crippen LogP contribution in [0.2, 0.25) is 0 Å². The van der Waals surface area contributed by atoms with Crippen LogP contribution in [0.25, 0.3) is 0 Å². The van der Waals surface area contributed by atoms with Crippen LogP contribution in [0.5, 0.6) is 0 Å². The first-order chi connectivity index (χ1) is 7.36. The Kier molecular flexibility index (Phi) is 3.29. The fraction of sp³-hybridized carbons (Fsp3) is 0.455. The number of amides is 1. The second-order valence-corrected chi connectivity index (χ2v) is 3.73. The SMILES string of the molecule is O=C(NCc1cccnc1)[C@@H]1CCCN1. The number of aromatic nitrogens is 1. The topological polar surface area (TPSA) is 54.0 Å². The smallest absolute Gasteiger partial charge is 0.237 e. The number of nitrogens with zero attached hydrogens (tertiary/aromatic N) is 1. The highest BCUT2D eigenvalue weighted by molar-refractivity contribution is 5.81. The van der Waals surface area contributed by atoms with Gasteiger partial charge in [0.2, 0.25) is 5.91 Å². The summed E-state index contributed by atoms with van der Waals surface area (Å²) in [5.41, 5.74) is 1.03. The summed E-state index contributed by atoms with van der Waals surface area (Å²) in [5, 5.41) is 6.06. The molecule has 15 heavy (non-hydrogen) atoms. The molecule has 1 atom stereocenters. The lowest BCUT2D eigenvalue weighted by molar-refractivity contribution is -0.122. The first-order valence-electron chi connectivity index (χ1n) is 5.26. The van der Waals surface area contributed by atoms with Gasteiger partial charge >= 0.3 is 0 Å². The largest absolute Gasteiger partial charge is 0.351 e. The van der Waals surface area contributed by atoms with Crippen molar-refractivity contribution in [3.05, 3.63) is 30.1 Å². The molecule has 1 aliphatic rings. The molecule has 1 fully saturated rings. The number of pyridine rings is 1. The number of hydrogen-bond acceptors (Lipinski definition) is 3. The number of hydrogen-bond donors (Lipinski definition) is 2. The van der Waals surface area contributed by atoms with Gasteiger partial charge in [0.1, 0.15) is 0 Å². The van der Waals surface area contributed by atoms with E-state index in [-0.39, 0.29) is 11.9 Å². The van der Waals surface area contributed by atoms with Crippen molar-refractivity contribution in [1.29, 1.82) is 0 Å². The third-order valence-corrected chi connectivity index (χ3v) is 2.57. The lowest BCUT2D eigenvalue weighted by atomic mass is 10.2. The lowest BCUT2D eigenvalue weighted by Crippen LogP contribution is -2.39. The Balaban J connectivity index is 1.80. The second-order valence-electron chi connectivity index (χ2n) is 3.73. The minimum absolute atomic E-state index is 0.00155. The van der Waals surface area contributed by atoms with Crippen molar-refractivity contribution in [2.75, 3.05) is 6.54 Å². The van der Waals surface area contributed by atoms with E-state index >= 15 is 0 Å². The maximum absolute atomic E-state index is 11.6. The normalized spacial score (nSPS) is 20.1. The lowest BCUT2D eigenvalue weighted by Gasteiger charge is -2.10. The van der Waals surface area contributed by atoms with Crippen LogP contribution in [0.4, 0.5) is 0 Å². The van der Waals surface area contributed by atoms with Crippen molar-refractivity contribution in [1.82, 2.24) is 15.6 Å². The minimum Gasteiger partial charge on any atom is -0.351 e. The average Bonchev–Trinajstić information content (AvgIpc) is 2.81. The number of rotatable bonds is 3. The number of carbonyl (C=O) groups is 1. The molecule has 2 rings (SSSR count). The molecule has 0 unspecified atom stereocenters. The first kappa shape index (κ1) is 10.1. The Bertz CT molecular complexity index is 320. The Morgan fingerprint density at radius 1 is 1.67 bits per heavy atom. The Morgan fingerprint density at radius 3 is 3.27 bits per heavy atom. The summed E-state index contributed by atoms with van der Waals surface area (Å²) >= 11 is 0. The van der Waals surface area contributed by atoms with Gasteiger partial charge in [-0.15, -0.1) is 0 Å². The Morgan fingerprint density at radius 2 is 2.60 bits per heavy atom. The third kappa shape index (κ3) is 2.76. The van der Waals surface area contributed by atoms with Gasteiger partial charge in [0.25, 0.3) is 0 Å². The van der Waals surface area contributed by atoms with Gasteiger partial charge in [0, 0.05) is 18.9 Å². The fourth-order valence-corrected chi connectivity index (χ4v) is 1.72. The molecule has 1 saturated heterocycles. The van der Waals surface area contributed by atoms with E-state index in [1.165, 1.54) is 0 Å². The van der Waals surface area contributed by atoms with Crippen LogP contribution in [0, 0.1) is 0 Å². The highest BCUT2D eigenvalue weighted by atomic mass is 16.2. The summed E-state index contributed by atoms with van der Waals surface area (Å²) in [6.07, 6.45) is 5.52. The van der Waals surface area contributed by atoms with Gasteiger partial charge in [0.15, 0.2) is 0 Å². The quantitative estimate of drug-likeness (QED) is 0.753. The van der Waals surface area contributed by atoms with Gasteiger partial charge in [-0.25, -0.2) is 0 Å². The van der Waals surface area contributed by atoms with Crippen LogP contribution in [-0.2, 0) is 11.3 Å². The summed E-state index contributed by atoms with van der Waals surface area (Å²) in [5.74, 6) is 0.0938. The van der Waals surface area contributed by atoms with E-state index in [1.807, 2.05) is 12.1 Å². The number of carbonyl (C=O) groups excluding carboxylic acids is 1. The van der Waals surface area contributed by atoms with E-state index < -0.39 is 0 Å². The van der Waals surface area contributed by atoms with Gasteiger partial charge < -0.3 is 10.6 Å². The van der Waals surface area contributed by atoms with Crippen molar-refractivity contribution >= 4 is 5.91 Å². The van der Waals surface area contributed by atoms with Crippen LogP contribution in [-0.4, -0.2) is 23.5 Å². The van der Waals surface area contributed by atoms with Gasteiger partial charge in [-0.2, -0.15) is 0 Å². The third-order valence-electron chi connectivity index (χ3n) is 2.57. The van der Waals surface area contributed by atoms with Gasteiger partial charge in [-0.05, 0) is 31.0 Å². The first-order valence-corrected chi connectivity index (χ1v) is 5.26. The Hall–Kier alpha value is -1.42. The standard InChI is InChI=1S/C11H15N3O/c15-11(10-4-2-6-13-10)14-8-9-3-1-5-12-7-9/h1,3,5,7,10,13H,2,4,6,8H2,(H,14,15)/t10-/m0/s1. The summed E-state index contributed by atoms with van der Waals surface area (Å²) in [4.78, 5) is 15.6. The van der Waals surface area contributed by atoms with E-state index in [2.05, 4.69) is 15.6 Å². The van der Waals surface area contributed by atoms with E-state index in [9.17, 15) is 4.79 Å². The van der Waals surface area contributed by atoms with Crippen LogP contribution in [0.1, 0.15) is 18.4 Å². The highest BCUT2D eigenvalue weighted by Crippen LogP contribution is 2.05. The molecule has 0 radical (unpaired) electrons. The molecule has 1 aromatic rings. The zero-order valence-electron chi connectivity index (χ0n) is 8.57. The molecule has 0 aliphatic carbocycles. The predicted molar refractivity (Wildman–Crippen MR) is 57.1 cm³/mol. The fourth-order valence-electron chi connectivity index (χ4n) is 1.72. The molecule has 1 amide bonds. The summed E-state index contributed by atoms with van der Waals surface area (Å²) in [6.45, 7) is 1.51. The van der Waals surface area contributed by atoms with E-state index in [0.717, 1.165) is 24.9 Å². The maximum atomic E-state index is 11.6. The maximum Gasteiger partial charge on any atom is 0.237 e. The second kappa shape index (κ2) is 4.89. The highest BCUT2D eigenvalue weighted by Gasteiger charge is 2.21. The molecule has 4 nitrogen and oxygen atoms in total. The zero-order chi connectivity index (χ0) is 10.5.